The molecule has 0 saturated heterocycles. The Bertz CT molecular complexity index is 1050. The van der Waals surface area contributed by atoms with Crippen molar-refractivity contribution >= 4 is 16.9 Å². The highest BCUT2D eigenvalue weighted by Gasteiger charge is 2.18. The van der Waals surface area contributed by atoms with Gasteiger partial charge in [0, 0.05) is 19.7 Å². The number of carbonyl (C=O) groups excluding carboxylic acids is 1. The summed E-state index contributed by atoms with van der Waals surface area (Å²) in [6, 6.07) is 12.4. The average Bonchev–Trinajstić information content (AvgIpc) is 3.33. The standard InChI is InChI=1S/C19H16N4O3/c1-23(2)22-19(24)12-7-8-13-14(11-12)21-18(16-6-4-10-26-16)17(20-13)15-5-3-9-25-15/h3-11H,1-2H3,(H,22,24). The van der Waals surface area contributed by atoms with E-state index < -0.39 is 0 Å². The molecule has 0 fully saturated rings. The summed E-state index contributed by atoms with van der Waals surface area (Å²) in [5, 5.41) is 1.59. The molecule has 0 atom stereocenters. The van der Waals surface area contributed by atoms with E-state index in [1.807, 2.05) is 12.1 Å². The third-order valence-corrected chi connectivity index (χ3v) is 3.76. The highest BCUT2D eigenvalue weighted by molar-refractivity contribution is 5.97. The molecule has 130 valence electrons. The lowest BCUT2D eigenvalue weighted by Crippen LogP contribution is -2.36. The second kappa shape index (κ2) is 6.45. The van der Waals surface area contributed by atoms with Gasteiger partial charge >= 0.3 is 0 Å². The van der Waals surface area contributed by atoms with Gasteiger partial charge in [0.15, 0.2) is 11.5 Å². The molecule has 1 aromatic carbocycles. The molecule has 7 nitrogen and oxygen atoms in total. The van der Waals surface area contributed by atoms with Crippen LogP contribution in [0.15, 0.2) is 63.8 Å². The number of rotatable bonds is 4. The highest BCUT2D eigenvalue weighted by Crippen LogP contribution is 2.31. The van der Waals surface area contributed by atoms with Gasteiger partial charge in [-0.15, -0.1) is 0 Å². The monoisotopic (exact) mass is 348 g/mol. The zero-order valence-electron chi connectivity index (χ0n) is 14.3. The first-order valence-electron chi connectivity index (χ1n) is 7.99. The number of hydrogen-bond acceptors (Lipinski definition) is 6. The van der Waals surface area contributed by atoms with Gasteiger partial charge in [0.2, 0.25) is 0 Å². The number of hydrazine groups is 1. The van der Waals surface area contributed by atoms with Crippen LogP contribution in [0.4, 0.5) is 0 Å². The Morgan fingerprint density at radius 3 is 2.08 bits per heavy atom. The molecule has 0 aliphatic rings. The molecule has 7 heteroatoms. The number of nitrogens with zero attached hydrogens (tertiary/aromatic N) is 3. The molecule has 0 aliphatic heterocycles. The van der Waals surface area contributed by atoms with Gasteiger partial charge < -0.3 is 8.83 Å². The van der Waals surface area contributed by atoms with E-state index in [2.05, 4.69) is 15.4 Å². The van der Waals surface area contributed by atoms with E-state index in [1.165, 1.54) is 0 Å². The Morgan fingerprint density at radius 2 is 1.54 bits per heavy atom. The molecule has 26 heavy (non-hydrogen) atoms. The lowest BCUT2D eigenvalue weighted by molar-refractivity contribution is 0.0857. The van der Waals surface area contributed by atoms with Crippen LogP contribution >= 0.6 is 0 Å². The summed E-state index contributed by atoms with van der Waals surface area (Å²) in [6.45, 7) is 0. The van der Waals surface area contributed by atoms with Gasteiger partial charge in [-0.3, -0.25) is 10.2 Å². The van der Waals surface area contributed by atoms with E-state index in [4.69, 9.17) is 8.83 Å². The van der Waals surface area contributed by atoms with Gasteiger partial charge in [-0.1, -0.05) is 0 Å². The molecule has 0 unspecified atom stereocenters. The summed E-state index contributed by atoms with van der Waals surface area (Å²) in [6.07, 6.45) is 3.16. The van der Waals surface area contributed by atoms with E-state index in [9.17, 15) is 4.79 Å². The highest BCUT2D eigenvalue weighted by atomic mass is 16.3. The van der Waals surface area contributed by atoms with Crippen LogP contribution in [0.1, 0.15) is 10.4 Å². The molecule has 1 N–H and O–H groups in total. The maximum atomic E-state index is 12.2. The number of nitrogens with one attached hydrogen (secondary N) is 1. The van der Waals surface area contributed by atoms with E-state index in [0.29, 0.717) is 39.5 Å². The van der Waals surface area contributed by atoms with Gasteiger partial charge in [-0.2, -0.15) is 0 Å². The molecule has 3 aromatic heterocycles. The molecule has 0 spiro atoms. The van der Waals surface area contributed by atoms with E-state index in [0.717, 1.165) is 0 Å². The van der Waals surface area contributed by atoms with Crippen LogP contribution < -0.4 is 5.43 Å². The quantitative estimate of drug-likeness (QED) is 0.569. The van der Waals surface area contributed by atoms with E-state index in [-0.39, 0.29) is 5.91 Å². The fraction of sp³-hybridized carbons (Fsp3) is 0.105. The van der Waals surface area contributed by atoms with Gasteiger partial charge in [0.25, 0.3) is 5.91 Å². The molecular weight excluding hydrogens is 332 g/mol. The minimum Gasteiger partial charge on any atom is -0.463 e. The van der Waals surface area contributed by atoms with Gasteiger partial charge in [-0.05, 0) is 42.5 Å². The summed E-state index contributed by atoms with van der Waals surface area (Å²) in [5.74, 6) is 0.961. The van der Waals surface area contributed by atoms with Gasteiger partial charge in [0.05, 0.1) is 23.6 Å². The van der Waals surface area contributed by atoms with Crippen molar-refractivity contribution in [3.8, 4) is 22.9 Å². The topological polar surface area (TPSA) is 84.4 Å². The fourth-order valence-electron chi connectivity index (χ4n) is 2.63. The molecule has 0 radical (unpaired) electrons. The Balaban J connectivity index is 1.88. The molecule has 0 aliphatic carbocycles. The van der Waals surface area contributed by atoms with Gasteiger partial charge in [0.1, 0.15) is 11.4 Å². The lowest BCUT2D eigenvalue weighted by atomic mass is 10.1. The molecule has 1 amide bonds. The number of fused-ring (bicyclic) bond motifs is 1. The maximum absolute atomic E-state index is 12.2. The minimum atomic E-state index is -0.214. The van der Waals surface area contributed by atoms with Crippen LogP contribution in [0.25, 0.3) is 33.9 Å². The number of carbonyl (C=O) groups is 1. The number of hydrogen-bond donors (Lipinski definition) is 1. The first-order valence-corrected chi connectivity index (χ1v) is 7.99. The Kier molecular flexibility index (Phi) is 3.98. The van der Waals surface area contributed by atoms with Crippen molar-refractivity contribution in [1.29, 1.82) is 0 Å². The Hall–Kier alpha value is -3.45. The first-order chi connectivity index (χ1) is 12.6. The van der Waals surface area contributed by atoms with Crippen molar-refractivity contribution in [3.63, 3.8) is 0 Å². The minimum absolute atomic E-state index is 0.214. The third kappa shape index (κ3) is 2.96. The summed E-state index contributed by atoms with van der Waals surface area (Å²) >= 11 is 0. The van der Waals surface area contributed by atoms with Crippen LogP contribution in [0, 0.1) is 0 Å². The molecule has 0 bridgehead atoms. The number of aromatic nitrogens is 2. The predicted octanol–water partition coefficient (Wildman–Crippen LogP) is 3.36. The Labute approximate surface area is 149 Å². The van der Waals surface area contributed by atoms with Gasteiger partial charge in [-0.25, -0.2) is 15.0 Å². The van der Waals surface area contributed by atoms with Crippen LogP contribution in [-0.4, -0.2) is 35.0 Å². The number of benzene rings is 1. The van der Waals surface area contributed by atoms with Crippen LogP contribution in [0.2, 0.25) is 0 Å². The van der Waals surface area contributed by atoms with E-state index >= 15 is 0 Å². The lowest BCUT2D eigenvalue weighted by Gasteiger charge is -2.12. The predicted molar refractivity (Wildman–Crippen MR) is 96.1 cm³/mol. The van der Waals surface area contributed by atoms with Crippen molar-refractivity contribution in [2.24, 2.45) is 0 Å². The van der Waals surface area contributed by atoms with Crippen molar-refractivity contribution < 1.29 is 13.6 Å². The van der Waals surface area contributed by atoms with Crippen LogP contribution in [0.3, 0.4) is 0 Å². The Morgan fingerprint density at radius 1 is 0.923 bits per heavy atom. The summed E-state index contributed by atoms with van der Waals surface area (Å²) in [7, 11) is 3.51. The molecule has 4 rings (SSSR count). The zero-order chi connectivity index (χ0) is 18.1. The summed E-state index contributed by atoms with van der Waals surface area (Å²) in [5.41, 5.74) is 5.61. The second-order valence-electron chi connectivity index (χ2n) is 5.91. The summed E-state index contributed by atoms with van der Waals surface area (Å²) in [4.78, 5) is 21.6. The van der Waals surface area contributed by atoms with Crippen molar-refractivity contribution in [2.75, 3.05) is 14.1 Å². The number of amides is 1. The van der Waals surface area contributed by atoms with Crippen molar-refractivity contribution in [2.45, 2.75) is 0 Å². The van der Waals surface area contributed by atoms with Crippen LogP contribution in [0.5, 0.6) is 0 Å². The largest absolute Gasteiger partial charge is 0.463 e. The third-order valence-electron chi connectivity index (χ3n) is 3.76. The molecular formula is C19H16N4O3. The SMILES string of the molecule is CN(C)NC(=O)c1ccc2nc(-c3ccco3)c(-c3ccco3)nc2c1. The van der Waals surface area contributed by atoms with Crippen LogP contribution in [-0.2, 0) is 0 Å². The summed E-state index contributed by atoms with van der Waals surface area (Å²) < 4.78 is 11.0. The molecule has 0 saturated carbocycles. The van der Waals surface area contributed by atoms with Crippen molar-refractivity contribution in [1.82, 2.24) is 20.4 Å². The second-order valence-corrected chi connectivity index (χ2v) is 5.91. The number of furan rings is 2. The zero-order valence-corrected chi connectivity index (χ0v) is 14.3. The van der Waals surface area contributed by atoms with E-state index in [1.54, 1.807) is 62.0 Å². The van der Waals surface area contributed by atoms with Crippen molar-refractivity contribution in [3.05, 3.63) is 60.6 Å². The molecule has 3 heterocycles. The average molecular weight is 348 g/mol. The fourth-order valence-corrected chi connectivity index (χ4v) is 2.63. The smallest absolute Gasteiger partial charge is 0.265 e. The maximum Gasteiger partial charge on any atom is 0.265 e. The molecule has 4 aromatic rings. The normalized spacial score (nSPS) is 11.2. The first kappa shape index (κ1) is 16.0.